The molecule has 0 bridgehead atoms. The van der Waals surface area contributed by atoms with E-state index in [9.17, 15) is 4.79 Å². The number of amides is 1. The van der Waals surface area contributed by atoms with Crippen molar-refractivity contribution in [2.75, 3.05) is 13.1 Å². The third-order valence-electron chi connectivity index (χ3n) is 4.86. The lowest BCUT2D eigenvalue weighted by Crippen LogP contribution is -2.32. The number of fused-ring (bicyclic) bond motifs is 1. The molecule has 130 valence electrons. The molecule has 2 aromatic heterocycles. The SMILES string of the molecule is CCN(CC)C(=O)CC(c1ccccc1C)c1cnc2ccccn12. The van der Waals surface area contributed by atoms with Crippen LogP contribution in [0.4, 0.5) is 0 Å². The van der Waals surface area contributed by atoms with Gasteiger partial charge in [-0.3, -0.25) is 4.79 Å². The molecule has 3 aromatic rings. The Bertz CT molecular complexity index is 864. The van der Waals surface area contributed by atoms with Crippen molar-refractivity contribution in [2.45, 2.75) is 33.1 Å². The van der Waals surface area contributed by atoms with Crippen LogP contribution in [-0.2, 0) is 4.79 Å². The van der Waals surface area contributed by atoms with E-state index >= 15 is 0 Å². The van der Waals surface area contributed by atoms with Crippen LogP contribution in [-0.4, -0.2) is 33.3 Å². The summed E-state index contributed by atoms with van der Waals surface area (Å²) in [5, 5.41) is 0. The predicted octanol–water partition coefficient (Wildman–Crippen LogP) is 4.03. The zero-order valence-electron chi connectivity index (χ0n) is 15.1. The first kappa shape index (κ1) is 17.2. The van der Waals surface area contributed by atoms with Crippen LogP contribution in [0.5, 0.6) is 0 Å². The maximum Gasteiger partial charge on any atom is 0.223 e. The number of pyridine rings is 1. The van der Waals surface area contributed by atoms with Crippen LogP contribution in [0.2, 0.25) is 0 Å². The summed E-state index contributed by atoms with van der Waals surface area (Å²) in [6.07, 6.45) is 4.38. The number of carbonyl (C=O) groups is 1. The summed E-state index contributed by atoms with van der Waals surface area (Å²) in [6, 6.07) is 14.3. The summed E-state index contributed by atoms with van der Waals surface area (Å²) in [7, 11) is 0. The number of imidazole rings is 1. The Morgan fingerprint density at radius 1 is 1.12 bits per heavy atom. The molecule has 1 amide bonds. The quantitative estimate of drug-likeness (QED) is 0.682. The molecule has 3 rings (SSSR count). The predicted molar refractivity (Wildman–Crippen MR) is 101 cm³/mol. The van der Waals surface area contributed by atoms with E-state index in [2.05, 4.69) is 28.4 Å². The molecule has 0 saturated heterocycles. The Morgan fingerprint density at radius 2 is 1.84 bits per heavy atom. The molecule has 0 aliphatic rings. The molecule has 4 heteroatoms. The molecular weight excluding hydrogens is 310 g/mol. The number of aryl methyl sites for hydroxylation is 1. The van der Waals surface area contributed by atoms with Gasteiger partial charge in [-0.25, -0.2) is 4.98 Å². The van der Waals surface area contributed by atoms with E-state index in [-0.39, 0.29) is 11.8 Å². The Balaban J connectivity index is 2.06. The van der Waals surface area contributed by atoms with Crippen molar-refractivity contribution in [1.82, 2.24) is 14.3 Å². The summed E-state index contributed by atoms with van der Waals surface area (Å²) in [5.74, 6) is 0.177. The van der Waals surface area contributed by atoms with Gasteiger partial charge in [0.05, 0.1) is 5.69 Å². The summed E-state index contributed by atoms with van der Waals surface area (Å²) in [6.45, 7) is 7.64. The number of aromatic nitrogens is 2. The van der Waals surface area contributed by atoms with E-state index in [1.807, 2.05) is 61.5 Å². The van der Waals surface area contributed by atoms with Gasteiger partial charge in [-0.1, -0.05) is 30.3 Å². The fourth-order valence-corrected chi connectivity index (χ4v) is 3.44. The van der Waals surface area contributed by atoms with Gasteiger partial charge in [-0.15, -0.1) is 0 Å². The van der Waals surface area contributed by atoms with Gasteiger partial charge in [0.25, 0.3) is 0 Å². The number of benzene rings is 1. The first-order valence-corrected chi connectivity index (χ1v) is 8.91. The van der Waals surface area contributed by atoms with Crippen molar-refractivity contribution in [3.05, 3.63) is 71.7 Å². The minimum Gasteiger partial charge on any atom is -0.343 e. The highest BCUT2D eigenvalue weighted by molar-refractivity contribution is 5.77. The van der Waals surface area contributed by atoms with Crippen molar-refractivity contribution in [1.29, 1.82) is 0 Å². The Labute approximate surface area is 149 Å². The summed E-state index contributed by atoms with van der Waals surface area (Å²) < 4.78 is 2.09. The normalized spacial score (nSPS) is 12.3. The number of hydrogen-bond donors (Lipinski definition) is 0. The Kier molecular flexibility index (Phi) is 5.17. The Hall–Kier alpha value is -2.62. The largest absolute Gasteiger partial charge is 0.343 e. The molecule has 0 N–H and O–H groups in total. The molecule has 4 nitrogen and oxygen atoms in total. The molecule has 1 aromatic carbocycles. The van der Waals surface area contributed by atoms with E-state index < -0.39 is 0 Å². The highest BCUT2D eigenvalue weighted by atomic mass is 16.2. The molecule has 25 heavy (non-hydrogen) atoms. The molecule has 1 atom stereocenters. The third kappa shape index (κ3) is 3.43. The number of rotatable bonds is 6. The zero-order chi connectivity index (χ0) is 17.8. The van der Waals surface area contributed by atoms with Gasteiger partial charge in [0.1, 0.15) is 5.65 Å². The summed E-state index contributed by atoms with van der Waals surface area (Å²) in [5.41, 5.74) is 4.36. The van der Waals surface area contributed by atoms with Crippen LogP contribution >= 0.6 is 0 Å². The molecule has 0 aliphatic heterocycles. The molecular formula is C21H25N3O. The van der Waals surface area contributed by atoms with Gasteiger partial charge in [0.15, 0.2) is 0 Å². The van der Waals surface area contributed by atoms with Crippen LogP contribution in [0.15, 0.2) is 54.9 Å². The minimum atomic E-state index is -0.00769. The second-order valence-corrected chi connectivity index (χ2v) is 6.29. The van der Waals surface area contributed by atoms with Crippen LogP contribution < -0.4 is 0 Å². The maximum atomic E-state index is 12.8. The summed E-state index contributed by atoms with van der Waals surface area (Å²) >= 11 is 0. The number of hydrogen-bond acceptors (Lipinski definition) is 2. The molecule has 0 saturated carbocycles. The minimum absolute atomic E-state index is 0.00769. The highest BCUT2D eigenvalue weighted by Gasteiger charge is 2.24. The van der Waals surface area contributed by atoms with Gasteiger partial charge in [-0.2, -0.15) is 0 Å². The van der Waals surface area contributed by atoms with E-state index in [0.717, 1.165) is 24.4 Å². The van der Waals surface area contributed by atoms with Crippen LogP contribution in [0, 0.1) is 6.92 Å². The smallest absolute Gasteiger partial charge is 0.223 e. The van der Waals surface area contributed by atoms with Crippen molar-refractivity contribution in [3.8, 4) is 0 Å². The average Bonchev–Trinajstić information content (AvgIpc) is 3.05. The first-order chi connectivity index (χ1) is 12.2. The van der Waals surface area contributed by atoms with Crippen molar-refractivity contribution < 1.29 is 4.79 Å². The van der Waals surface area contributed by atoms with E-state index in [4.69, 9.17) is 0 Å². The van der Waals surface area contributed by atoms with Gasteiger partial charge in [-0.05, 0) is 44.0 Å². The van der Waals surface area contributed by atoms with E-state index in [1.165, 1.54) is 11.1 Å². The lowest BCUT2D eigenvalue weighted by molar-refractivity contribution is -0.131. The van der Waals surface area contributed by atoms with Crippen molar-refractivity contribution in [3.63, 3.8) is 0 Å². The second kappa shape index (κ2) is 7.51. The molecule has 2 heterocycles. The van der Waals surface area contributed by atoms with Crippen molar-refractivity contribution in [2.24, 2.45) is 0 Å². The van der Waals surface area contributed by atoms with Gasteiger partial charge in [0.2, 0.25) is 5.91 Å². The molecule has 0 radical (unpaired) electrons. The van der Waals surface area contributed by atoms with Gasteiger partial charge >= 0.3 is 0 Å². The van der Waals surface area contributed by atoms with Crippen molar-refractivity contribution >= 4 is 11.6 Å². The summed E-state index contributed by atoms with van der Waals surface area (Å²) in [4.78, 5) is 19.3. The topological polar surface area (TPSA) is 37.6 Å². The average molecular weight is 335 g/mol. The van der Waals surface area contributed by atoms with Crippen LogP contribution in [0.25, 0.3) is 5.65 Å². The number of nitrogens with zero attached hydrogens (tertiary/aromatic N) is 3. The molecule has 0 aliphatic carbocycles. The zero-order valence-corrected chi connectivity index (χ0v) is 15.1. The Morgan fingerprint density at radius 3 is 2.56 bits per heavy atom. The van der Waals surface area contributed by atoms with Gasteiger partial charge in [0, 0.05) is 37.8 Å². The molecule has 1 unspecified atom stereocenters. The van der Waals surface area contributed by atoms with Gasteiger partial charge < -0.3 is 9.30 Å². The molecule has 0 spiro atoms. The maximum absolute atomic E-state index is 12.8. The van der Waals surface area contributed by atoms with E-state index in [0.29, 0.717) is 6.42 Å². The monoisotopic (exact) mass is 335 g/mol. The standard InChI is InChI=1S/C21H25N3O/c1-4-23(5-2)21(25)14-18(17-11-7-6-10-16(17)3)19-15-22-20-12-8-9-13-24(19)20/h6-13,15,18H,4-5,14H2,1-3H3. The highest BCUT2D eigenvalue weighted by Crippen LogP contribution is 2.31. The lowest BCUT2D eigenvalue weighted by atomic mass is 9.89. The number of carbonyl (C=O) groups excluding carboxylic acids is 1. The fraction of sp³-hybridized carbons (Fsp3) is 0.333. The van der Waals surface area contributed by atoms with Crippen LogP contribution in [0.3, 0.4) is 0 Å². The van der Waals surface area contributed by atoms with E-state index in [1.54, 1.807) is 0 Å². The van der Waals surface area contributed by atoms with Crippen LogP contribution in [0.1, 0.15) is 43.0 Å². The fourth-order valence-electron chi connectivity index (χ4n) is 3.44. The third-order valence-corrected chi connectivity index (χ3v) is 4.86. The lowest BCUT2D eigenvalue weighted by Gasteiger charge is -2.24. The molecule has 0 fully saturated rings. The first-order valence-electron chi connectivity index (χ1n) is 8.91. The second-order valence-electron chi connectivity index (χ2n) is 6.29.